The van der Waals surface area contributed by atoms with Gasteiger partial charge in [-0.05, 0) is 62.4 Å². The maximum atomic E-state index is 12.8. The molecule has 0 atom stereocenters. The number of pyridine rings is 1. The van der Waals surface area contributed by atoms with Gasteiger partial charge in [-0.15, -0.1) is 0 Å². The van der Waals surface area contributed by atoms with Crippen LogP contribution in [0.4, 0.5) is 5.82 Å². The van der Waals surface area contributed by atoms with Gasteiger partial charge in [-0.2, -0.15) is 0 Å². The van der Waals surface area contributed by atoms with Crippen LogP contribution in [0.2, 0.25) is 0 Å². The lowest BCUT2D eigenvalue weighted by Gasteiger charge is -2.33. The molecule has 0 unspecified atom stereocenters. The molecule has 0 amide bonds. The predicted octanol–water partition coefficient (Wildman–Crippen LogP) is 3.32. The lowest BCUT2D eigenvalue weighted by molar-refractivity contribution is 0.348. The Bertz CT molecular complexity index is 987. The third kappa shape index (κ3) is 3.21. The van der Waals surface area contributed by atoms with Crippen molar-refractivity contribution in [2.75, 3.05) is 18.0 Å². The molecule has 1 saturated heterocycles. The topological polar surface area (TPSA) is 51.0 Å². The van der Waals surface area contributed by atoms with Crippen molar-refractivity contribution >= 4 is 16.7 Å². The summed E-state index contributed by atoms with van der Waals surface area (Å²) in [5, 5.41) is 0.708. The van der Waals surface area contributed by atoms with Crippen molar-refractivity contribution in [2.45, 2.75) is 33.2 Å². The highest BCUT2D eigenvalue weighted by molar-refractivity contribution is 5.77. The third-order valence-corrected chi connectivity index (χ3v) is 5.33. The summed E-state index contributed by atoms with van der Waals surface area (Å²) in [5.41, 5.74) is 2.10. The summed E-state index contributed by atoms with van der Waals surface area (Å²) < 4.78 is 1.85. The summed E-state index contributed by atoms with van der Waals surface area (Å²) in [6.45, 7) is 6.74. The highest BCUT2D eigenvalue weighted by Crippen LogP contribution is 2.23. The fraction of sp³-hybridized carbons (Fsp3) is 0.381. The first-order valence-corrected chi connectivity index (χ1v) is 9.25. The van der Waals surface area contributed by atoms with Gasteiger partial charge in [-0.25, -0.2) is 9.97 Å². The molecule has 1 aliphatic heterocycles. The molecular weight excluding hydrogens is 324 g/mol. The normalized spacial score (nSPS) is 15.5. The summed E-state index contributed by atoms with van der Waals surface area (Å²) in [5.74, 6) is 2.36. The molecule has 26 heavy (non-hydrogen) atoms. The van der Waals surface area contributed by atoms with Crippen LogP contribution in [-0.2, 0) is 6.54 Å². The number of benzene rings is 1. The Balaban J connectivity index is 1.50. The minimum atomic E-state index is 0.0795. The van der Waals surface area contributed by atoms with Crippen LogP contribution in [0.3, 0.4) is 0 Å². The second-order valence-electron chi connectivity index (χ2n) is 7.21. The van der Waals surface area contributed by atoms with E-state index in [9.17, 15) is 4.79 Å². The average molecular weight is 348 g/mol. The van der Waals surface area contributed by atoms with Crippen LogP contribution in [0, 0.1) is 19.8 Å². The van der Waals surface area contributed by atoms with Gasteiger partial charge in [-0.3, -0.25) is 9.36 Å². The van der Waals surface area contributed by atoms with Crippen molar-refractivity contribution in [3.63, 3.8) is 0 Å². The first-order chi connectivity index (χ1) is 12.6. The smallest absolute Gasteiger partial charge is 0.261 e. The first kappa shape index (κ1) is 16.8. The van der Waals surface area contributed by atoms with E-state index in [1.807, 2.05) is 48.0 Å². The molecule has 0 spiro atoms. The third-order valence-electron chi connectivity index (χ3n) is 5.33. The standard InChI is InChI=1S/C21H24N4O/c1-15-7-10-22-20(13-15)24-11-8-17(9-12-24)14-25-16(2)23-19-6-4-3-5-18(19)21(25)26/h3-7,10,13,17H,8-9,11-12,14H2,1-2H3. The molecule has 3 aromatic rings. The van der Waals surface area contributed by atoms with Crippen LogP contribution in [0.5, 0.6) is 0 Å². The highest BCUT2D eigenvalue weighted by Gasteiger charge is 2.22. The zero-order chi connectivity index (χ0) is 18.1. The van der Waals surface area contributed by atoms with Gasteiger partial charge in [0.05, 0.1) is 10.9 Å². The number of para-hydroxylation sites is 1. The zero-order valence-electron chi connectivity index (χ0n) is 15.4. The molecule has 0 radical (unpaired) electrons. The Labute approximate surface area is 153 Å². The Kier molecular flexibility index (Phi) is 4.45. The monoisotopic (exact) mass is 348 g/mol. The van der Waals surface area contributed by atoms with E-state index in [4.69, 9.17) is 0 Å². The number of nitrogens with zero attached hydrogens (tertiary/aromatic N) is 4. The Morgan fingerprint density at radius 3 is 2.65 bits per heavy atom. The van der Waals surface area contributed by atoms with Crippen molar-refractivity contribution in [1.82, 2.24) is 14.5 Å². The summed E-state index contributed by atoms with van der Waals surface area (Å²) in [4.78, 5) is 24.3. The van der Waals surface area contributed by atoms with Gasteiger partial charge in [0.25, 0.3) is 5.56 Å². The number of anilines is 1. The Morgan fingerprint density at radius 1 is 1.12 bits per heavy atom. The van der Waals surface area contributed by atoms with Crippen LogP contribution in [0.1, 0.15) is 24.2 Å². The highest BCUT2D eigenvalue weighted by atomic mass is 16.1. The molecule has 5 heteroatoms. The summed E-state index contributed by atoms with van der Waals surface area (Å²) in [6.07, 6.45) is 4.00. The quantitative estimate of drug-likeness (QED) is 0.728. The van der Waals surface area contributed by atoms with E-state index in [-0.39, 0.29) is 5.56 Å². The molecule has 1 fully saturated rings. The molecule has 0 saturated carbocycles. The zero-order valence-corrected chi connectivity index (χ0v) is 15.4. The van der Waals surface area contributed by atoms with E-state index < -0.39 is 0 Å². The van der Waals surface area contributed by atoms with Crippen LogP contribution in [-0.4, -0.2) is 27.6 Å². The van der Waals surface area contributed by atoms with E-state index in [0.717, 1.165) is 49.6 Å². The molecule has 134 valence electrons. The van der Waals surface area contributed by atoms with E-state index in [1.54, 1.807) is 0 Å². The molecular formula is C21H24N4O. The van der Waals surface area contributed by atoms with Crippen molar-refractivity contribution in [1.29, 1.82) is 0 Å². The maximum Gasteiger partial charge on any atom is 0.261 e. The van der Waals surface area contributed by atoms with Gasteiger partial charge < -0.3 is 4.90 Å². The minimum absolute atomic E-state index is 0.0795. The largest absolute Gasteiger partial charge is 0.357 e. The van der Waals surface area contributed by atoms with Gasteiger partial charge in [0, 0.05) is 25.8 Å². The minimum Gasteiger partial charge on any atom is -0.357 e. The second-order valence-corrected chi connectivity index (χ2v) is 7.21. The lowest BCUT2D eigenvalue weighted by atomic mass is 9.96. The number of hydrogen-bond donors (Lipinski definition) is 0. The average Bonchev–Trinajstić information content (AvgIpc) is 2.66. The molecule has 0 aliphatic carbocycles. The predicted molar refractivity (Wildman–Crippen MR) is 105 cm³/mol. The van der Waals surface area contributed by atoms with Gasteiger partial charge in [0.2, 0.25) is 0 Å². The van der Waals surface area contributed by atoms with Crippen molar-refractivity contribution < 1.29 is 0 Å². The fourth-order valence-corrected chi connectivity index (χ4v) is 3.79. The fourth-order valence-electron chi connectivity index (χ4n) is 3.79. The van der Waals surface area contributed by atoms with E-state index in [1.165, 1.54) is 5.56 Å². The molecule has 4 rings (SSSR count). The number of hydrogen-bond acceptors (Lipinski definition) is 4. The molecule has 5 nitrogen and oxygen atoms in total. The lowest BCUT2D eigenvalue weighted by Crippen LogP contribution is -2.37. The first-order valence-electron chi connectivity index (χ1n) is 9.25. The summed E-state index contributed by atoms with van der Waals surface area (Å²) >= 11 is 0. The van der Waals surface area contributed by atoms with Crippen LogP contribution >= 0.6 is 0 Å². The van der Waals surface area contributed by atoms with Crippen molar-refractivity contribution in [3.8, 4) is 0 Å². The van der Waals surface area contributed by atoms with Gasteiger partial charge >= 0.3 is 0 Å². The van der Waals surface area contributed by atoms with Crippen molar-refractivity contribution in [2.24, 2.45) is 5.92 Å². The van der Waals surface area contributed by atoms with Crippen LogP contribution in [0.15, 0.2) is 47.4 Å². The van der Waals surface area contributed by atoms with E-state index >= 15 is 0 Å². The van der Waals surface area contributed by atoms with E-state index in [0.29, 0.717) is 11.3 Å². The van der Waals surface area contributed by atoms with Gasteiger partial charge in [0.15, 0.2) is 0 Å². The second kappa shape index (κ2) is 6.90. The van der Waals surface area contributed by atoms with Crippen molar-refractivity contribution in [3.05, 3.63) is 64.3 Å². The summed E-state index contributed by atoms with van der Waals surface area (Å²) in [7, 11) is 0. The number of rotatable bonds is 3. The molecule has 0 bridgehead atoms. The van der Waals surface area contributed by atoms with Crippen LogP contribution in [0.25, 0.3) is 10.9 Å². The number of aromatic nitrogens is 3. The number of piperidine rings is 1. The Morgan fingerprint density at radius 2 is 1.88 bits per heavy atom. The number of aryl methyl sites for hydroxylation is 2. The molecule has 1 aromatic carbocycles. The number of fused-ring (bicyclic) bond motifs is 1. The molecule has 0 N–H and O–H groups in total. The molecule has 1 aliphatic rings. The maximum absolute atomic E-state index is 12.8. The Hall–Kier alpha value is -2.69. The van der Waals surface area contributed by atoms with E-state index in [2.05, 4.69) is 27.9 Å². The SMILES string of the molecule is Cc1ccnc(N2CCC(Cn3c(C)nc4ccccc4c3=O)CC2)c1. The molecule has 2 aromatic heterocycles. The van der Waals surface area contributed by atoms with Gasteiger partial charge in [0.1, 0.15) is 11.6 Å². The summed E-state index contributed by atoms with van der Waals surface area (Å²) in [6, 6.07) is 11.8. The van der Waals surface area contributed by atoms with Crippen LogP contribution < -0.4 is 10.5 Å². The molecule has 3 heterocycles. The van der Waals surface area contributed by atoms with Gasteiger partial charge in [-0.1, -0.05) is 12.1 Å².